The number of rotatable bonds is 6. The molecule has 0 bridgehead atoms. The van der Waals surface area contributed by atoms with Gasteiger partial charge in [-0.2, -0.15) is 0 Å². The molecule has 0 aliphatic carbocycles. The fourth-order valence-electron chi connectivity index (χ4n) is 1.58. The van der Waals surface area contributed by atoms with Gasteiger partial charge in [-0.15, -0.1) is 6.58 Å². The van der Waals surface area contributed by atoms with E-state index in [1.165, 1.54) is 6.08 Å². The number of allylic oxidation sites excluding steroid dienone is 1. The molecule has 2 aromatic carbocycles. The Morgan fingerprint density at radius 2 is 1.65 bits per heavy atom. The van der Waals surface area contributed by atoms with Crippen molar-refractivity contribution in [3.05, 3.63) is 67.3 Å². The second kappa shape index (κ2) is 6.42. The van der Waals surface area contributed by atoms with E-state index < -0.39 is 7.60 Å². The van der Waals surface area contributed by atoms with E-state index in [0.29, 0.717) is 11.5 Å². The minimum absolute atomic E-state index is 0.118. The predicted molar refractivity (Wildman–Crippen MR) is 78.5 cm³/mol. The van der Waals surface area contributed by atoms with Gasteiger partial charge in [0.2, 0.25) is 0 Å². The van der Waals surface area contributed by atoms with Crippen molar-refractivity contribution in [2.24, 2.45) is 0 Å². The molecule has 0 aromatic heterocycles. The molecule has 0 aliphatic rings. The van der Waals surface area contributed by atoms with Gasteiger partial charge < -0.3 is 14.2 Å². The smallest absolute Gasteiger partial charge is 0.380 e. The van der Waals surface area contributed by atoms with Crippen LogP contribution < -0.4 is 9.26 Å². The van der Waals surface area contributed by atoms with Crippen LogP contribution in [0.4, 0.5) is 0 Å². The molecule has 5 heteroatoms. The van der Waals surface area contributed by atoms with Gasteiger partial charge in [-0.3, -0.25) is 0 Å². The Morgan fingerprint density at radius 3 is 2.30 bits per heavy atom. The van der Waals surface area contributed by atoms with Gasteiger partial charge in [0, 0.05) is 0 Å². The van der Waals surface area contributed by atoms with Crippen LogP contribution in [0.5, 0.6) is 17.2 Å². The molecule has 104 valence electrons. The van der Waals surface area contributed by atoms with Crippen LogP contribution in [-0.2, 0) is 4.57 Å². The van der Waals surface area contributed by atoms with Gasteiger partial charge >= 0.3 is 7.60 Å². The third kappa shape index (κ3) is 3.98. The molecule has 0 fully saturated rings. The van der Waals surface area contributed by atoms with Crippen LogP contribution >= 0.6 is 7.60 Å². The summed E-state index contributed by atoms with van der Waals surface area (Å²) in [4.78, 5) is 9.66. The summed E-state index contributed by atoms with van der Waals surface area (Å²) in [5, 5.41) is 0. The largest absolute Gasteiger partial charge is 0.453 e. The maximum atomic E-state index is 11.8. The number of hydrogen-bond donors (Lipinski definition) is 1. The fourth-order valence-corrected chi connectivity index (χ4v) is 2.44. The van der Waals surface area contributed by atoms with Crippen LogP contribution in [0.3, 0.4) is 0 Å². The summed E-state index contributed by atoms with van der Waals surface area (Å²) >= 11 is 0. The standard InChI is InChI=1S/C15H15O4P/c1-2-12-20(16,17)19-15-11-7-6-10-14(15)18-13-8-4-3-5-9-13/h2-11H,1,12H2,(H,16,17). The Kier molecular flexibility index (Phi) is 4.61. The molecule has 2 rings (SSSR count). The quantitative estimate of drug-likeness (QED) is 0.639. The van der Waals surface area contributed by atoms with Crippen molar-refractivity contribution >= 4 is 7.60 Å². The lowest BCUT2D eigenvalue weighted by Gasteiger charge is -2.15. The van der Waals surface area contributed by atoms with Crippen molar-refractivity contribution < 1.29 is 18.7 Å². The summed E-state index contributed by atoms with van der Waals surface area (Å²) in [5.41, 5.74) is 0. The number of para-hydroxylation sites is 3. The lowest BCUT2D eigenvalue weighted by atomic mass is 10.3. The van der Waals surface area contributed by atoms with E-state index in [4.69, 9.17) is 9.26 Å². The minimum atomic E-state index is -3.74. The zero-order chi connectivity index (χ0) is 14.4. The van der Waals surface area contributed by atoms with E-state index in [2.05, 4.69) is 6.58 Å². The lowest BCUT2D eigenvalue weighted by Crippen LogP contribution is -1.97. The molecule has 0 saturated carbocycles. The Balaban J connectivity index is 2.22. The van der Waals surface area contributed by atoms with E-state index >= 15 is 0 Å². The second-order valence-electron chi connectivity index (χ2n) is 4.06. The van der Waals surface area contributed by atoms with Crippen LogP contribution in [0, 0.1) is 0 Å². The topological polar surface area (TPSA) is 55.8 Å². The maximum absolute atomic E-state index is 11.8. The first-order chi connectivity index (χ1) is 9.61. The van der Waals surface area contributed by atoms with E-state index in [1.54, 1.807) is 36.4 Å². The van der Waals surface area contributed by atoms with Crippen LogP contribution in [0.2, 0.25) is 0 Å². The molecule has 0 radical (unpaired) electrons. The average molecular weight is 290 g/mol. The second-order valence-corrected chi connectivity index (χ2v) is 5.88. The molecular weight excluding hydrogens is 275 g/mol. The molecule has 1 atom stereocenters. The molecule has 4 nitrogen and oxygen atoms in total. The highest BCUT2D eigenvalue weighted by Crippen LogP contribution is 2.46. The molecule has 1 unspecified atom stereocenters. The molecular formula is C15H15O4P. The normalized spacial score (nSPS) is 13.2. The molecule has 0 spiro atoms. The summed E-state index contributed by atoms with van der Waals surface area (Å²) in [6.07, 6.45) is 1.23. The van der Waals surface area contributed by atoms with Crippen molar-refractivity contribution in [2.45, 2.75) is 0 Å². The van der Waals surface area contributed by atoms with Gasteiger partial charge in [-0.05, 0) is 24.3 Å². The SMILES string of the molecule is C=CCP(=O)(O)Oc1ccccc1Oc1ccccc1. The van der Waals surface area contributed by atoms with Gasteiger partial charge in [0.25, 0.3) is 0 Å². The molecule has 2 aromatic rings. The summed E-state index contributed by atoms with van der Waals surface area (Å²) in [5.74, 6) is 1.24. The lowest BCUT2D eigenvalue weighted by molar-refractivity contribution is 0.370. The maximum Gasteiger partial charge on any atom is 0.380 e. The molecule has 20 heavy (non-hydrogen) atoms. The molecule has 0 saturated heterocycles. The van der Waals surface area contributed by atoms with Crippen LogP contribution in [0.15, 0.2) is 67.3 Å². The van der Waals surface area contributed by atoms with Crippen LogP contribution in [-0.4, -0.2) is 11.1 Å². The van der Waals surface area contributed by atoms with Gasteiger partial charge in [0.05, 0.1) is 6.16 Å². The highest BCUT2D eigenvalue weighted by Gasteiger charge is 2.20. The fraction of sp³-hybridized carbons (Fsp3) is 0.0667. The summed E-state index contributed by atoms with van der Waals surface area (Å²) in [6, 6.07) is 15.9. The van der Waals surface area contributed by atoms with E-state index in [-0.39, 0.29) is 11.9 Å². The van der Waals surface area contributed by atoms with Gasteiger partial charge in [0.15, 0.2) is 11.5 Å². The average Bonchev–Trinajstić information content (AvgIpc) is 2.42. The van der Waals surface area contributed by atoms with Crippen molar-refractivity contribution in [1.29, 1.82) is 0 Å². The Labute approximate surface area is 117 Å². The van der Waals surface area contributed by atoms with E-state index in [0.717, 1.165) is 0 Å². The number of hydrogen-bond acceptors (Lipinski definition) is 3. The van der Waals surface area contributed by atoms with Crippen molar-refractivity contribution in [1.82, 2.24) is 0 Å². The first-order valence-corrected chi connectivity index (χ1v) is 7.81. The first-order valence-electron chi connectivity index (χ1n) is 6.05. The van der Waals surface area contributed by atoms with Crippen LogP contribution in [0.25, 0.3) is 0 Å². The molecule has 0 heterocycles. The predicted octanol–water partition coefficient (Wildman–Crippen LogP) is 4.23. The highest BCUT2D eigenvalue weighted by molar-refractivity contribution is 7.53. The third-order valence-corrected chi connectivity index (χ3v) is 3.62. The van der Waals surface area contributed by atoms with Gasteiger partial charge in [0.1, 0.15) is 5.75 Å². The monoisotopic (exact) mass is 290 g/mol. The summed E-state index contributed by atoms with van der Waals surface area (Å²) in [6.45, 7) is 3.43. The van der Waals surface area contributed by atoms with Gasteiger partial charge in [-0.25, -0.2) is 4.57 Å². The minimum Gasteiger partial charge on any atom is -0.453 e. The molecule has 0 amide bonds. The zero-order valence-electron chi connectivity index (χ0n) is 10.8. The highest BCUT2D eigenvalue weighted by atomic mass is 31.2. The van der Waals surface area contributed by atoms with E-state index in [9.17, 15) is 9.46 Å². The van der Waals surface area contributed by atoms with E-state index in [1.807, 2.05) is 18.2 Å². The van der Waals surface area contributed by atoms with Crippen LogP contribution in [0.1, 0.15) is 0 Å². The summed E-state index contributed by atoms with van der Waals surface area (Å²) in [7, 11) is -3.74. The number of ether oxygens (including phenoxy) is 1. The summed E-state index contributed by atoms with van der Waals surface area (Å²) < 4.78 is 22.6. The first kappa shape index (κ1) is 14.4. The molecule has 0 aliphatic heterocycles. The van der Waals surface area contributed by atoms with Gasteiger partial charge in [-0.1, -0.05) is 36.4 Å². The Morgan fingerprint density at radius 1 is 1.05 bits per heavy atom. The van der Waals surface area contributed by atoms with Crippen molar-refractivity contribution in [3.8, 4) is 17.2 Å². The zero-order valence-corrected chi connectivity index (χ0v) is 11.7. The number of benzene rings is 2. The molecule has 1 N–H and O–H groups in total. The third-order valence-electron chi connectivity index (χ3n) is 2.42. The van der Waals surface area contributed by atoms with Crippen molar-refractivity contribution in [2.75, 3.05) is 6.16 Å². The van der Waals surface area contributed by atoms with Crippen molar-refractivity contribution in [3.63, 3.8) is 0 Å². The Bertz CT molecular complexity index is 625. The Hall–Kier alpha value is -2.03.